The van der Waals surface area contributed by atoms with Crippen LogP contribution in [0.4, 0.5) is 0 Å². The molecule has 0 N–H and O–H groups in total. The third kappa shape index (κ3) is 3.87. The Labute approximate surface area is 133 Å². The summed E-state index contributed by atoms with van der Waals surface area (Å²) in [5, 5.41) is 0.777. The van der Waals surface area contributed by atoms with E-state index in [1.807, 2.05) is 0 Å². The second-order valence-electron chi connectivity index (χ2n) is 4.73. The van der Waals surface area contributed by atoms with Gasteiger partial charge in [-0.15, -0.1) is 0 Å². The molecule has 1 aromatic rings. The quantitative estimate of drug-likeness (QED) is 0.850. The van der Waals surface area contributed by atoms with Crippen LogP contribution < -0.4 is 0 Å². The van der Waals surface area contributed by atoms with Gasteiger partial charge >= 0.3 is 0 Å². The fourth-order valence-corrected chi connectivity index (χ4v) is 2.48. The number of ether oxygens (including phenoxy) is 1. The maximum absolute atomic E-state index is 12.4. The van der Waals surface area contributed by atoms with E-state index in [2.05, 4.69) is 0 Å². The smallest absolute Gasteiger partial charge is 0.254 e. The molecule has 1 aliphatic heterocycles. The van der Waals surface area contributed by atoms with E-state index >= 15 is 0 Å². The summed E-state index contributed by atoms with van der Waals surface area (Å²) in [6, 6.07) is 4.82. The van der Waals surface area contributed by atoms with Gasteiger partial charge in [-0.1, -0.05) is 23.2 Å². The van der Waals surface area contributed by atoms with Gasteiger partial charge in [0.05, 0.1) is 10.0 Å². The Hall–Kier alpha value is -1.30. The number of hydrogen-bond acceptors (Lipinski definition) is 3. The second kappa shape index (κ2) is 7.11. The number of rotatable bonds is 3. The highest BCUT2D eigenvalue weighted by molar-refractivity contribution is 6.42. The average molecular weight is 331 g/mol. The predicted molar refractivity (Wildman–Crippen MR) is 80.8 cm³/mol. The lowest BCUT2D eigenvalue weighted by Crippen LogP contribution is -2.51. The summed E-state index contributed by atoms with van der Waals surface area (Å²) in [5.74, 6) is -0.161. The van der Waals surface area contributed by atoms with Crippen molar-refractivity contribution in [3.8, 4) is 0 Å². The monoisotopic (exact) mass is 330 g/mol. The Balaban J connectivity index is 1.97. The van der Waals surface area contributed by atoms with Gasteiger partial charge < -0.3 is 14.5 Å². The standard InChI is InChI=1S/C14H16Cl2N2O3/c1-21-9-13(19)17-4-6-18(7-5-17)14(20)10-2-3-11(15)12(16)8-10/h2-3,8H,4-7,9H2,1H3. The summed E-state index contributed by atoms with van der Waals surface area (Å²) in [6.07, 6.45) is 0. The highest BCUT2D eigenvalue weighted by Gasteiger charge is 2.24. The molecule has 1 heterocycles. The molecule has 1 fully saturated rings. The lowest BCUT2D eigenvalue weighted by atomic mass is 10.2. The summed E-state index contributed by atoms with van der Waals surface area (Å²) >= 11 is 11.8. The molecule has 1 saturated heterocycles. The highest BCUT2D eigenvalue weighted by atomic mass is 35.5. The Morgan fingerprint density at radius 3 is 2.29 bits per heavy atom. The molecule has 2 rings (SSSR count). The predicted octanol–water partition coefficient (Wildman–Crippen LogP) is 1.92. The molecular weight excluding hydrogens is 315 g/mol. The summed E-state index contributed by atoms with van der Waals surface area (Å²) < 4.78 is 4.83. The van der Waals surface area contributed by atoms with Gasteiger partial charge in [0.15, 0.2) is 0 Å². The number of amides is 2. The molecular formula is C14H16Cl2N2O3. The maximum Gasteiger partial charge on any atom is 0.254 e. The van der Waals surface area contributed by atoms with E-state index in [0.29, 0.717) is 41.8 Å². The molecule has 7 heteroatoms. The van der Waals surface area contributed by atoms with Crippen molar-refractivity contribution >= 4 is 35.0 Å². The van der Waals surface area contributed by atoms with Gasteiger partial charge in [-0.2, -0.15) is 0 Å². The zero-order chi connectivity index (χ0) is 15.4. The molecule has 1 aromatic carbocycles. The van der Waals surface area contributed by atoms with E-state index in [-0.39, 0.29) is 18.4 Å². The molecule has 114 valence electrons. The maximum atomic E-state index is 12.4. The molecule has 0 bridgehead atoms. The fraction of sp³-hybridized carbons (Fsp3) is 0.429. The van der Waals surface area contributed by atoms with Crippen LogP contribution in [0, 0.1) is 0 Å². The first-order valence-corrected chi connectivity index (χ1v) is 7.29. The largest absolute Gasteiger partial charge is 0.375 e. The van der Waals surface area contributed by atoms with E-state index < -0.39 is 0 Å². The van der Waals surface area contributed by atoms with Gasteiger partial charge in [0.25, 0.3) is 5.91 Å². The number of methoxy groups -OCH3 is 1. The number of piperazine rings is 1. The van der Waals surface area contributed by atoms with Crippen molar-refractivity contribution in [2.75, 3.05) is 39.9 Å². The SMILES string of the molecule is COCC(=O)N1CCN(C(=O)c2ccc(Cl)c(Cl)c2)CC1. The number of halogens is 2. The molecule has 0 radical (unpaired) electrons. The summed E-state index contributed by atoms with van der Waals surface area (Å²) in [6.45, 7) is 2.08. The van der Waals surface area contributed by atoms with E-state index in [4.69, 9.17) is 27.9 Å². The van der Waals surface area contributed by atoms with Crippen LogP contribution in [0.1, 0.15) is 10.4 Å². The van der Waals surface area contributed by atoms with E-state index in [1.54, 1.807) is 28.0 Å². The Morgan fingerprint density at radius 1 is 1.10 bits per heavy atom. The van der Waals surface area contributed by atoms with Crippen LogP contribution >= 0.6 is 23.2 Å². The second-order valence-corrected chi connectivity index (χ2v) is 5.55. The van der Waals surface area contributed by atoms with Gasteiger partial charge in [-0.05, 0) is 18.2 Å². The van der Waals surface area contributed by atoms with Crippen molar-refractivity contribution in [2.24, 2.45) is 0 Å². The number of nitrogens with zero attached hydrogens (tertiary/aromatic N) is 2. The fourth-order valence-electron chi connectivity index (χ4n) is 2.19. The van der Waals surface area contributed by atoms with Crippen LogP contribution in [0.15, 0.2) is 18.2 Å². The first-order valence-electron chi connectivity index (χ1n) is 6.54. The minimum Gasteiger partial charge on any atom is -0.375 e. The summed E-state index contributed by atoms with van der Waals surface area (Å²) in [4.78, 5) is 27.5. The van der Waals surface area contributed by atoms with Crippen molar-refractivity contribution in [3.05, 3.63) is 33.8 Å². The summed E-state index contributed by atoms with van der Waals surface area (Å²) in [5.41, 5.74) is 0.501. The van der Waals surface area contributed by atoms with Crippen molar-refractivity contribution in [2.45, 2.75) is 0 Å². The molecule has 0 spiro atoms. The molecule has 1 aliphatic rings. The highest BCUT2D eigenvalue weighted by Crippen LogP contribution is 2.23. The van der Waals surface area contributed by atoms with Crippen LogP contribution in [-0.4, -0.2) is 61.5 Å². The minimum atomic E-state index is -0.104. The summed E-state index contributed by atoms with van der Waals surface area (Å²) in [7, 11) is 1.49. The van der Waals surface area contributed by atoms with Gasteiger partial charge in [-0.25, -0.2) is 0 Å². The van der Waals surface area contributed by atoms with Crippen LogP contribution in [0.5, 0.6) is 0 Å². The lowest BCUT2D eigenvalue weighted by molar-refractivity contribution is -0.136. The van der Waals surface area contributed by atoms with Crippen LogP contribution in [0.25, 0.3) is 0 Å². The molecule has 21 heavy (non-hydrogen) atoms. The third-order valence-corrected chi connectivity index (χ3v) is 4.09. The lowest BCUT2D eigenvalue weighted by Gasteiger charge is -2.34. The molecule has 0 aromatic heterocycles. The topological polar surface area (TPSA) is 49.9 Å². The van der Waals surface area contributed by atoms with Crippen molar-refractivity contribution in [1.82, 2.24) is 9.80 Å². The zero-order valence-electron chi connectivity index (χ0n) is 11.6. The molecule has 0 aliphatic carbocycles. The first-order chi connectivity index (χ1) is 10.0. The molecule has 2 amide bonds. The minimum absolute atomic E-state index is 0.0564. The van der Waals surface area contributed by atoms with Crippen molar-refractivity contribution in [1.29, 1.82) is 0 Å². The van der Waals surface area contributed by atoms with Gasteiger partial charge in [0.1, 0.15) is 6.61 Å². The molecule has 0 saturated carbocycles. The van der Waals surface area contributed by atoms with Crippen molar-refractivity contribution in [3.63, 3.8) is 0 Å². The zero-order valence-corrected chi connectivity index (χ0v) is 13.2. The van der Waals surface area contributed by atoms with E-state index in [1.165, 1.54) is 7.11 Å². The van der Waals surface area contributed by atoms with Crippen LogP contribution in [0.2, 0.25) is 10.0 Å². The first kappa shape index (κ1) is 16.1. The van der Waals surface area contributed by atoms with Crippen LogP contribution in [0.3, 0.4) is 0 Å². The Morgan fingerprint density at radius 2 is 1.71 bits per heavy atom. The van der Waals surface area contributed by atoms with Gasteiger partial charge in [-0.3, -0.25) is 9.59 Å². The molecule has 0 atom stereocenters. The third-order valence-electron chi connectivity index (χ3n) is 3.35. The van der Waals surface area contributed by atoms with E-state index in [0.717, 1.165) is 0 Å². The Bertz CT molecular complexity index is 543. The Kier molecular flexibility index (Phi) is 5.45. The number of hydrogen-bond donors (Lipinski definition) is 0. The molecule has 5 nitrogen and oxygen atoms in total. The normalized spacial score (nSPS) is 15.2. The van der Waals surface area contributed by atoms with E-state index in [9.17, 15) is 9.59 Å². The van der Waals surface area contributed by atoms with Gasteiger partial charge in [0, 0.05) is 38.9 Å². The number of carbonyl (C=O) groups is 2. The van der Waals surface area contributed by atoms with Crippen LogP contribution in [-0.2, 0) is 9.53 Å². The number of carbonyl (C=O) groups excluding carboxylic acids is 2. The average Bonchev–Trinajstić information content (AvgIpc) is 2.50. The molecule has 0 unspecified atom stereocenters. The van der Waals surface area contributed by atoms with Crippen molar-refractivity contribution < 1.29 is 14.3 Å². The van der Waals surface area contributed by atoms with Gasteiger partial charge in [0.2, 0.25) is 5.91 Å². The number of benzene rings is 1.